The van der Waals surface area contributed by atoms with E-state index in [9.17, 15) is 9.59 Å². The Hall–Kier alpha value is -1.59. The molecule has 2 amide bonds. The quantitative estimate of drug-likeness (QED) is 0.846. The molecule has 0 aromatic heterocycles. The summed E-state index contributed by atoms with van der Waals surface area (Å²) < 4.78 is 0. The van der Waals surface area contributed by atoms with Crippen molar-refractivity contribution in [3.63, 3.8) is 0 Å². The van der Waals surface area contributed by atoms with E-state index in [2.05, 4.69) is 15.5 Å². The van der Waals surface area contributed by atoms with Gasteiger partial charge >= 0.3 is 0 Å². The van der Waals surface area contributed by atoms with Crippen molar-refractivity contribution in [2.75, 3.05) is 19.6 Å². The van der Waals surface area contributed by atoms with E-state index >= 15 is 0 Å². The molecule has 2 N–H and O–H groups in total. The molecule has 4 rings (SSSR count). The van der Waals surface area contributed by atoms with Crippen molar-refractivity contribution >= 4 is 23.4 Å². The van der Waals surface area contributed by atoms with Gasteiger partial charge in [0.05, 0.1) is 12.5 Å². The summed E-state index contributed by atoms with van der Waals surface area (Å²) in [5.74, 6) is 1.27. The van der Waals surface area contributed by atoms with Gasteiger partial charge in [0.2, 0.25) is 11.8 Å². The van der Waals surface area contributed by atoms with Gasteiger partial charge in [-0.1, -0.05) is 23.7 Å². The van der Waals surface area contributed by atoms with Crippen LogP contribution >= 0.6 is 11.6 Å². The van der Waals surface area contributed by atoms with Crippen LogP contribution in [0.25, 0.3) is 0 Å². The van der Waals surface area contributed by atoms with Crippen molar-refractivity contribution in [2.24, 2.45) is 11.8 Å². The normalized spacial score (nSPS) is 30.7. The van der Waals surface area contributed by atoms with E-state index in [1.807, 2.05) is 12.1 Å². The summed E-state index contributed by atoms with van der Waals surface area (Å²) >= 11 is 5.89. The molecular formula is C20H26ClN3O2. The summed E-state index contributed by atoms with van der Waals surface area (Å²) in [6.07, 6.45) is 4.25. The van der Waals surface area contributed by atoms with Crippen LogP contribution in [0.4, 0.5) is 0 Å². The standard InChI is InChI=1S/C20H26ClN3O2/c21-16-6-4-13(5-7-16)8-19(25)23-12-18-15-9-14(10-22-11-15)17-2-1-3-20(26)24(17)18/h4-7,14-15,17-18,22H,1-3,8-12H2,(H,23,25)/t14-,15+,17+,18+/m1/s1. The van der Waals surface area contributed by atoms with Crippen LogP contribution in [0.15, 0.2) is 24.3 Å². The SMILES string of the molecule is O=C(Cc1ccc(Cl)cc1)NC[C@H]1[C@@H]2CNC[C@@H](C2)[C@@H]2CCCC(=O)N21. The first-order chi connectivity index (χ1) is 12.6. The third kappa shape index (κ3) is 3.60. The summed E-state index contributed by atoms with van der Waals surface area (Å²) in [4.78, 5) is 27.1. The summed E-state index contributed by atoms with van der Waals surface area (Å²) in [5.41, 5.74) is 0.946. The average molecular weight is 376 g/mol. The van der Waals surface area contributed by atoms with Gasteiger partial charge in [-0.25, -0.2) is 0 Å². The number of halogens is 1. The molecule has 26 heavy (non-hydrogen) atoms. The lowest BCUT2D eigenvalue weighted by Crippen LogP contribution is -2.66. The minimum Gasteiger partial charge on any atom is -0.354 e. The van der Waals surface area contributed by atoms with Gasteiger partial charge in [0.15, 0.2) is 0 Å². The van der Waals surface area contributed by atoms with Crippen LogP contribution in [0.1, 0.15) is 31.2 Å². The zero-order chi connectivity index (χ0) is 18.1. The number of amides is 2. The summed E-state index contributed by atoms with van der Waals surface area (Å²) in [6, 6.07) is 7.82. The highest BCUT2D eigenvalue weighted by molar-refractivity contribution is 6.30. The van der Waals surface area contributed by atoms with Crippen LogP contribution < -0.4 is 10.6 Å². The number of hydrogen-bond donors (Lipinski definition) is 2. The topological polar surface area (TPSA) is 61.4 Å². The van der Waals surface area contributed by atoms with Gasteiger partial charge in [-0.15, -0.1) is 0 Å². The van der Waals surface area contributed by atoms with Crippen LogP contribution in [0.3, 0.4) is 0 Å². The highest BCUT2D eigenvalue weighted by atomic mass is 35.5. The molecule has 0 spiro atoms. The predicted octanol–water partition coefficient (Wildman–Crippen LogP) is 1.99. The zero-order valence-corrected chi connectivity index (χ0v) is 15.7. The van der Waals surface area contributed by atoms with Crippen LogP contribution in [0.2, 0.25) is 5.02 Å². The van der Waals surface area contributed by atoms with Crippen molar-refractivity contribution in [1.29, 1.82) is 0 Å². The van der Waals surface area contributed by atoms with Gasteiger partial charge in [-0.05, 0) is 55.3 Å². The van der Waals surface area contributed by atoms with Crippen LogP contribution in [-0.2, 0) is 16.0 Å². The van der Waals surface area contributed by atoms with Crippen molar-refractivity contribution in [3.8, 4) is 0 Å². The van der Waals surface area contributed by atoms with Crippen LogP contribution in [0, 0.1) is 11.8 Å². The smallest absolute Gasteiger partial charge is 0.224 e. The largest absolute Gasteiger partial charge is 0.354 e. The van der Waals surface area contributed by atoms with E-state index in [0.717, 1.165) is 31.5 Å². The number of carbonyl (C=O) groups is 2. The van der Waals surface area contributed by atoms with Gasteiger partial charge < -0.3 is 15.5 Å². The number of rotatable bonds is 4. The molecule has 0 radical (unpaired) electrons. The molecule has 0 aliphatic carbocycles. The number of piperidine rings is 3. The number of benzene rings is 1. The summed E-state index contributed by atoms with van der Waals surface area (Å²) in [6.45, 7) is 2.50. The Kier molecular flexibility index (Phi) is 5.18. The van der Waals surface area contributed by atoms with Crippen LogP contribution in [0.5, 0.6) is 0 Å². The van der Waals surface area contributed by atoms with E-state index in [0.29, 0.717) is 42.3 Å². The highest BCUT2D eigenvalue weighted by Crippen LogP contribution is 2.39. The Bertz CT molecular complexity index is 678. The van der Waals surface area contributed by atoms with E-state index in [4.69, 9.17) is 11.6 Å². The summed E-state index contributed by atoms with van der Waals surface area (Å²) in [5, 5.41) is 7.28. The fraction of sp³-hybridized carbons (Fsp3) is 0.600. The van der Waals surface area contributed by atoms with Gasteiger partial charge in [0.25, 0.3) is 0 Å². The van der Waals surface area contributed by atoms with Crippen molar-refractivity contribution < 1.29 is 9.59 Å². The maximum absolute atomic E-state index is 12.6. The second-order valence-corrected chi connectivity index (χ2v) is 8.29. The number of nitrogens with one attached hydrogen (secondary N) is 2. The molecule has 1 aromatic rings. The Labute approximate surface area is 159 Å². The zero-order valence-electron chi connectivity index (χ0n) is 14.9. The predicted molar refractivity (Wildman–Crippen MR) is 101 cm³/mol. The molecule has 3 aliphatic rings. The van der Waals surface area contributed by atoms with Gasteiger partial charge in [0, 0.05) is 30.6 Å². The monoisotopic (exact) mass is 375 g/mol. The van der Waals surface area contributed by atoms with Gasteiger partial charge in [-0.2, -0.15) is 0 Å². The maximum Gasteiger partial charge on any atom is 0.224 e. The molecule has 3 heterocycles. The Morgan fingerprint density at radius 2 is 2.00 bits per heavy atom. The van der Waals surface area contributed by atoms with Crippen molar-refractivity contribution in [2.45, 2.75) is 44.2 Å². The Morgan fingerprint density at radius 1 is 1.23 bits per heavy atom. The fourth-order valence-electron chi connectivity index (χ4n) is 4.97. The molecule has 3 saturated heterocycles. The fourth-order valence-corrected chi connectivity index (χ4v) is 5.09. The first kappa shape index (κ1) is 17.8. The average Bonchev–Trinajstić information content (AvgIpc) is 2.64. The van der Waals surface area contributed by atoms with Crippen molar-refractivity contribution in [1.82, 2.24) is 15.5 Å². The van der Waals surface area contributed by atoms with E-state index < -0.39 is 0 Å². The molecule has 3 aliphatic heterocycles. The number of nitrogens with zero attached hydrogens (tertiary/aromatic N) is 1. The molecular weight excluding hydrogens is 350 g/mol. The first-order valence-corrected chi connectivity index (χ1v) is 10.0. The number of hydrogen-bond acceptors (Lipinski definition) is 3. The lowest BCUT2D eigenvalue weighted by molar-refractivity contribution is -0.149. The molecule has 3 fully saturated rings. The van der Waals surface area contributed by atoms with Gasteiger partial charge in [0.1, 0.15) is 0 Å². The second kappa shape index (κ2) is 7.57. The molecule has 140 valence electrons. The number of carbonyl (C=O) groups excluding carboxylic acids is 2. The maximum atomic E-state index is 12.6. The molecule has 6 heteroatoms. The van der Waals surface area contributed by atoms with Crippen molar-refractivity contribution in [3.05, 3.63) is 34.9 Å². The van der Waals surface area contributed by atoms with E-state index in [-0.39, 0.29) is 17.9 Å². The van der Waals surface area contributed by atoms with E-state index in [1.54, 1.807) is 12.1 Å². The minimum atomic E-state index is -0.000719. The number of fused-ring (bicyclic) bond motifs is 4. The molecule has 5 nitrogen and oxygen atoms in total. The van der Waals surface area contributed by atoms with E-state index in [1.165, 1.54) is 6.42 Å². The summed E-state index contributed by atoms with van der Waals surface area (Å²) in [7, 11) is 0. The van der Waals surface area contributed by atoms with Gasteiger partial charge in [-0.3, -0.25) is 9.59 Å². The Morgan fingerprint density at radius 3 is 2.81 bits per heavy atom. The molecule has 1 aromatic carbocycles. The van der Waals surface area contributed by atoms with Crippen LogP contribution in [-0.4, -0.2) is 48.4 Å². The lowest BCUT2D eigenvalue weighted by atomic mass is 9.72. The highest BCUT2D eigenvalue weighted by Gasteiger charge is 2.47. The Balaban J connectivity index is 1.41. The third-order valence-corrected chi connectivity index (χ3v) is 6.44. The first-order valence-electron chi connectivity index (χ1n) is 9.65. The molecule has 4 atom stereocenters. The molecule has 0 saturated carbocycles. The molecule has 0 unspecified atom stereocenters. The molecule has 2 bridgehead atoms. The minimum absolute atomic E-state index is 0.000719. The lowest BCUT2D eigenvalue weighted by Gasteiger charge is -2.54. The second-order valence-electron chi connectivity index (χ2n) is 7.85. The third-order valence-electron chi connectivity index (χ3n) is 6.19.